The van der Waals surface area contributed by atoms with Crippen LogP contribution in [0.4, 0.5) is 0 Å². The first kappa shape index (κ1) is 19.0. The van der Waals surface area contributed by atoms with Crippen LogP contribution in [-0.4, -0.2) is 43.0 Å². The summed E-state index contributed by atoms with van der Waals surface area (Å²) in [6.45, 7) is 3.14. The molecule has 1 fully saturated rings. The summed E-state index contributed by atoms with van der Waals surface area (Å²) in [5.74, 6) is 2.98. The molecule has 2 aromatic heterocycles. The lowest BCUT2D eigenvalue weighted by Crippen LogP contribution is -2.31. The van der Waals surface area contributed by atoms with Crippen LogP contribution in [0.1, 0.15) is 49.1 Å². The van der Waals surface area contributed by atoms with Gasteiger partial charge >= 0.3 is 0 Å². The molecule has 3 heterocycles. The number of benzene rings is 1. The SMILES string of the molecule is CC(=C=O)N1CCc2nc(C3CCC3)c(-c3nn[nH]n3)c(-c3cccc(Cl)c3)c2C1. The van der Waals surface area contributed by atoms with Gasteiger partial charge in [-0.15, -0.1) is 10.2 Å². The number of H-pyrrole nitrogens is 1. The number of nitrogens with zero attached hydrogens (tertiary/aromatic N) is 5. The van der Waals surface area contributed by atoms with Crippen molar-refractivity contribution in [3.63, 3.8) is 0 Å². The zero-order valence-corrected chi connectivity index (χ0v) is 17.4. The van der Waals surface area contributed by atoms with E-state index in [4.69, 9.17) is 16.6 Å². The van der Waals surface area contributed by atoms with E-state index in [0.29, 0.717) is 29.0 Å². The minimum atomic E-state index is 0.399. The van der Waals surface area contributed by atoms with Crippen molar-refractivity contribution in [3.05, 3.63) is 51.9 Å². The highest BCUT2D eigenvalue weighted by Gasteiger charge is 2.33. The van der Waals surface area contributed by atoms with Crippen molar-refractivity contribution in [1.82, 2.24) is 30.5 Å². The fourth-order valence-corrected chi connectivity index (χ4v) is 4.55. The lowest BCUT2D eigenvalue weighted by molar-refractivity contribution is 0.321. The lowest BCUT2D eigenvalue weighted by atomic mass is 9.78. The van der Waals surface area contributed by atoms with Crippen molar-refractivity contribution in [2.24, 2.45) is 0 Å². The van der Waals surface area contributed by atoms with Gasteiger partial charge in [-0.2, -0.15) is 5.21 Å². The highest BCUT2D eigenvalue weighted by molar-refractivity contribution is 6.30. The maximum Gasteiger partial charge on any atom is 0.207 e. The molecule has 7 nitrogen and oxygen atoms in total. The molecule has 5 rings (SSSR count). The Morgan fingerprint density at radius 1 is 1.30 bits per heavy atom. The van der Waals surface area contributed by atoms with Crippen LogP contribution in [0, 0.1) is 0 Å². The number of rotatable bonds is 4. The zero-order valence-electron chi connectivity index (χ0n) is 16.7. The molecule has 3 aromatic rings. The molecular weight excluding hydrogens is 400 g/mol. The fourth-order valence-electron chi connectivity index (χ4n) is 4.36. The van der Waals surface area contributed by atoms with Crippen LogP contribution in [0.2, 0.25) is 5.02 Å². The molecule has 0 spiro atoms. The molecule has 1 aromatic carbocycles. The number of halogens is 1. The van der Waals surface area contributed by atoms with Crippen molar-refractivity contribution in [1.29, 1.82) is 0 Å². The Kier molecular flexibility index (Phi) is 4.85. The Morgan fingerprint density at radius 3 is 2.83 bits per heavy atom. The molecule has 0 amide bonds. The molecule has 0 bridgehead atoms. The molecule has 1 saturated carbocycles. The number of fused-ring (bicyclic) bond motifs is 1. The van der Waals surface area contributed by atoms with Crippen molar-refractivity contribution < 1.29 is 4.79 Å². The third-order valence-corrected chi connectivity index (χ3v) is 6.41. The summed E-state index contributed by atoms with van der Waals surface area (Å²) in [4.78, 5) is 18.5. The lowest BCUT2D eigenvalue weighted by Gasteiger charge is -2.34. The molecule has 0 atom stereocenters. The Labute approximate surface area is 179 Å². The molecule has 8 heteroatoms. The van der Waals surface area contributed by atoms with Gasteiger partial charge in [0.05, 0.1) is 17.0 Å². The van der Waals surface area contributed by atoms with Crippen molar-refractivity contribution in [2.75, 3.05) is 6.54 Å². The molecule has 1 aliphatic heterocycles. The molecular formula is C22H21ClN6O. The highest BCUT2D eigenvalue weighted by Crippen LogP contribution is 2.46. The van der Waals surface area contributed by atoms with Gasteiger partial charge in [0.25, 0.3) is 0 Å². The maximum atomic E-state index is 11.3. The first-order valence-electron chi connectivity index (χ1n) is 10.2. The molecule has 30 heavy (non-hydrogen) atoms. The first-order chi connectivity index (χ1) is 14.7. The maximum absolute atomic E-state index is 11.3. The number of pyridine rings is 1. The van der Waals surface area contributed by atoms with Gasteiger partial charge in [0, 0.05) is 47.3 Å². The van der Waals surface area contributed by atoms with E-state index in [9.17, 15) is 4.79 Å². The van der Waals surface area contributed by atoms with E-state index >= 15 is 0 Å². The summed E-state index contributed by atoms with van der Waals surface area (Å²) >= 11 is 6.37. The minimum Gasteiger partial charge on any atom is -0.361 e. The van der Waals surface area contributed by atoms with Crippen molar-refractivity contribution in [2.45, 2.75) is 45.1 Å². The van der Waals surface area contributed by atoms with E-state index in [1.165, 1.54) is 6.42 Å². The zero-order chi connectivity index (χ0) is 20.7. The summed E-state index contributed by atoms with van der Waals surface area (Å²) in [5, 5.41) is 15.7. The monoisotopic (exact) mass is 420 g/mol. The van der Waals surface area contributed by atoms with Crippen LogP contribution in [0.5, 0.6) is 0 Å². The standard InChI is InChI=1S/C22H21ClN6O/c1-13(12-30)29-9-8-18-17(11-29)19(15-6-3-7-16(23)10-15)20(22-25-27-28-26-22)21(24-18)14-4-2-5-14/h3,6-7,10,14H,2,4-5,8-9,11H2,1H3,(H,25,26,27,28). The van der Waals surface area contributed by atoms with Crippen molar-refractivity contribution >= 4 is 17.5 Å². The average Bonchev–Trinajstić information content (AvgIpc) is 3.25. The Hall–Kier alpha value is -3.02. The van der Waals surface area contributed by atoms with Gasteiger partial charge in [-0.1, -0.05) is 30.2 Å². The number of hydrogen-bond acceptors (Lipinski definition) is 6. The molecule has 0 unspecified atom stereocenters. The van der Waals surface area contributed by atoms with E-state index in [1.54, 1.807) is 6.92 Å². The minimum absolute atomic E-state index is 0.399. The van der Waals surface area contributed by atoms with Crippen LogP contribution >= 0.6 is 11.6 Å². The third-order valence-electron chi connectivity index (χ3n) is 6.18. The fraction of sp³-hybridized carbons (Fsp3) is 0.364. The summed E-state index contributed by atoms with van der Waals surface area (Å²) in [6.07, 6.45) is 4.21. The number of aromatic amines is 1. The second kappa shape index (κ2) is 7.67. The quantitative estimate of drug-likeness (QED) is 0.643. The van der Waals surface area contributed by atoms with Crippen LogP contribution in [0.25, 0.3) is 22.5 Å². The van der Waals surface area contributed by atoms with E-state index in [2.05, 4.69) is 26.7 Å². The van der Waals surface area contributed by atoms with Gasteiger partial charge in [0.2, 0.25) is 5.82 Å². The van der Waals surface area contributed by atoms with E-state index < -0.39 is 0 Å². The van der Waals surface area contributed by atoms with E-state index in [-0.39, 0.29) is 0 Å². The number of nitrogens with one attached hydrogen (secondary N) is 1. The number of allylic oxidation sites excluding steroid dienone is 1. The topological polar surface area (TPSA) is 87.7 Å². The molecule has 2 aliphatic rings. The highest BCUT2D eigenvalue weighted by atomic mass is 35.5. The Balaban J connectivity index is 1.81. The van der Waals surface area contributed by atoms with E-state index in [0.717, 1.165) is 59.4 Å². The Bertz CT molecular complexity index is 1150. The molecule has 152 valence electrons. The normalized spacial score (nSPS) is 16.0. The Morgan fingerprint density at radius 2 is 2.17 bits per heavy atom. The number of aromatic nitrogens is 5. The summed E-state index contributed by atoms with van der Waals surface area (Å²) in [7, 11) is 0. The van der Waals surface area contributed by atoms with Gasteiger partial charge < -0.3 is 4.90 Å². The van der Waals surface area contributed by atoms with Crippen LogP contribution in [0.3, 0.4) is 0 Å². The predicted molar refractivity (Wildman–Crippen MR) is 113 cm³/mol. The van der Waals surface area contributed by atoms with Crippen LogP contribution < -0.4 is 0 Å². The number of tetrazole rings is 1. The summed E-state index contributed by atoms with van der Waals surface area (Å²) in [5.41, 5.74) is 6.76. The first-order valence-corrected chi connectivity index (χ1v) is 10.6. The largest absolute Gasteiger partial charge is 0.361 e. The van der Waals surface area contributed by atoms with Gasteiger partial charge in [-0.25, -0.2) is 4.79 Å². The van der Waals surface area contributed by atoms with E-state index in [1.807, 2.05) is 29.0 Å². The average molecular weight is 421 g/mol. The van der Waals surface area contributed by atoms with Crippen LogP contribution in [0.15, 0.2) is 30.0 Å². The summed E-state index contributed by atoms with van der Waals surface area (Å²) < 4.78 is 0. The molecule has 0 saturated heterocycles. The number of carbonyl (C=O) groups excluding carboxylic acids is 1. The summed E-state index contributed by atoms with van der Waals surface area (Å²) in [6, 6.07) is 7.83. The van der Waals surface area contributed by atoms with Crippen LogP contribution in [-0.2, 0) is 17.8 Å². The predicted octanol–water partition coefficient (Wildman–Crippen LogP) is 3.94. The van der Waals surface area contributed by atoms with Gasteiger partial charge in [-0.05, 0) is 42.7 Å². The third kappa shape index (κ3) is 3.20. The van der Waals surface area contributed by atoms with Crippen molar-refractivity contribution in [3.8, 4) is 22.5 Å². The smallest absolute Gasteiger partial charge is 0.207 e. The second-order valence-electron chi connectivity index (χ2n) is 7.90. The van der Waals surface area contributed by atoms with Gasteiger partial charge in [0.15, 0.2) is 0 Å². The van der Waals surface area contributed by atoms with Gasteiger partial charge in [-0.3, -0.25) is 4.98 Å². The van der Waals surface area contributed by atoms with Gasteiger partial charge in [0.1, 0.15) is 5.94 Å². The molecule has 0 radical (unpaired) electrons. The second-order valence-corrected chi connectivity index (χ2v) is 8.34. The molecule has 1 aliphatic carbocycles. The molecule has 1 N–H and O–H groups in total. The number of hydrogen-bond donors (Lipinski definition) is 1.